The van der Waals surface area contributed by atoms with Crippen LogP contribution in [-0.4, -0.2) is 120 Å². The van der Waals surface area contributed by atoms with Crippen molar-refractivity contribution in [3.63, 3.8) is 0 Å². The molecule has 3 fully saturated rings. The Balaban J connectivity index is 0.000000366. The fourth-order valence-electron chi connectivity index (χ4n) is 3.39. The number of nitrogens with one attached hydrogen (secondary N) is 1. The highest BCUT2D eigenvalue weighted by atomic mass is 16.5. The number of carboxylic acid groups (broad SMARTS) is 2. The van der Waals surface area contributed by atoms with Gasteiger partial charge in [-0.05, 0) is 6.42 Å². The number of ether oxygens (including phenoxy) is 1. The van der Waals surface area contributed by atoms with E-state index in [1.807, 2.05) is 4.90 Å². The Kier molecular flexibility index (Phi) is 9.40. The molecular formula is C19H28N4O8. The highest BCUT2D eigenvalue weighted by Crippen LogP contribution is 2.12. The summed E-state index contributed by atoms with van der Waals surface area (Å²) in [5.74, 6) is -2.41. The van der Waals surface area contributed by atoms with Crippen LogP contribution in [0.25, 0.3) is 0 Å². The quantitative estimate of drug-likeness (QED) is 0.411. The number of hydrogen-bond acceptors (Lipinski definition) is 7. The molecule has 1 unspecified atom stereocenters. The maximum Gasteiger partial charge on any atom is 0.328 e. The van der Waals surface area contributed by atoms with Crippen LogP contribution < -0.4 is 5.32 Å². The summed E-state index contributed by atoms with van der Waals surface area (Å²) in [7, 11) is 0. The molecule has 0 aromatic rings. The van der Waals surface area contributed by atoms with E-state index in [2.05, 4.69) is 10.2 Å². The van der Waals surface area contributed by atoms with Crippen molar-refractivity contribution in [2.75, 3.05) is 59.0 Å². The van der Waals surface area contributed by atoms with Gasteiger partial charge in [-0.1, -0.05) is 0 Å². The van der Waals surface area contributed by atoms with Crippen molar-refractivity contribution in [1.29, 1.82) is 0 Å². The summed E-state index contributed by atoms with van der Waals surface area (Å²) in [5, 5.41) is 18.3. The van der Waals surface area contributed by atoms with Crippen molar-refractivity contribution in [1.82, 2.24) is 20.0 Å². The van der Waals surface area contributed by atoms with Crippen molar-refractivity contribution >= 4 is 29.7 Å². The summed E-state index contributed by atoms with van der Waals surface area (Å²) in [6.07, 6.45) is 2.14. The van der Waals surface area contributed by atoms with Gasteiger partial charge < -0.3 is 30.1 Å². The summed E-state index contributed by atoms with van der Waals surface area (Å²) in [4.78, 5) is 60.6. The van der Waals surface area contributed by atoms with Crippen LogP contribution in [0.2, 0.25) is 0 Å². The Bertz CT molecular complexity index is 696. The molecule has 3 heterocycles. The summed E-state index contributed by atoms with van der Waals surface area (Å²) in [5.41, 5.74) is 0. The molecule has 0 spiro atoms. The molecule has 0 aromatic carbocycles. The lowest BCUT2D eigenvalue weighted by atomic mass is 10.2. The Hall–Kier alpha value is -2.99. The van der Waals surface area contributed by atoms with Crippen molar-refractivity contribution in [3.8, 4) is 0 Å². The first kappa shape index (κ1) is 24.3. The van der Waals surface area contributed by atoms with Gasteiger partial charge in [-0.25, -0.2) is 9.59 Å². The number of rotatable bonds is 5. The monoisotopic (exact) mass is 440 g/mol. The van der Waals surface area contributed by atoms with Gasteiger partial charge >= 0.3 is 11.9 Å². The van der Waals surface area contributed by atoms with Crippen LogP contribution in [0.15, 0.2) is 12.2 Å². The number of amides is 3. The lowest BCUT2D eigenvalue weighted by Gasteiger charge is -2.36. The molecule has 1 atom stereocenters. The molecule has 172 valence electrons. The second kappa shape index (κ2) is 12.0. The van der Waals surface area contributed by atoms with E-state index in [0.717, 1.165) is 0 Å². The second-order valence-electron chi connectivity index (χ2n) is 7.26. The molecule has 0 bridgehead atoms. The Labute approximate surface area is 179 Å². The number of hydrogen-bond donors (Lipinski definition) is 3. The zero-order valence-electron chi connectivity index (χ0n) is 17.2. The van der Waals surface area contributed by atoms with E-state index in [-0.39, 0.29) is 23.8 Å². The second-order valence-corrected chi connectivity index (χ2v) is 7.26. The molecule has 12 nitrogen and oxygen atoms in total. The predicted octanol–water partition coefficient (Wildman–Crippen LogP) is -2.02. The lowest BCUT2D eigenvalue weighted by Crippen LogP contribution is -2.55. The van der Waals surface area contributed by atoms with Crippen LogP contribution >= 0.6 is 0 Å². The number of nitrogens with zero attached hydrogens (tertiary/aromatic N) is 3. The molecule has 31 heavy (non-hydrogen) atoms. The number of morpholine rings is 1. The molecule has 0 radical (unpaired) electrons. The van der Waals surface area contributed by atoms with Crippen molar-refractivity contribution in [2.24, 2.45) is 0 Å². The minimum atomic E-state index is -1.26. The van der Waals surface area contributed by atoms with Crippen LogP contribution in [0, 0.1) is 0 Å². The molecule has 3 amide bonds. The standard InChI is InChI=1S/C15H24N4O4.C4H4O4/c20-13-2-1-12(16-13)15(22)19-5-3-17(4-6-19)11-14(21)18-7-9-23-10-8-18;5-3(6)1-2-4(7)8/h12H,1-11H2,(H,16,20);1-2H,(H,5,6)(H,7,8)/b;2-1-. The van der Waals surface area contributed by atoms with E-state index < -0.39 is 11.9 Å². The summed E-state index contributed by atoms with van der Waals surface area (Å²) in [6.45, 7) is 5.58. The highest BCUT2D eigenvalue weighted by molar-refractivity contribution is 5.91. The van der Waals surface area contributed by atoms with E-state index in [4.69, 9.17) is 14.9 Å². The Morgan fingerprint density at radius 2 is 1.52 bits per heavy atom. The van der Waals surface area contributed by atoms with Gasteiger partial charge in [0, 0.05) is 57.8 Å². The van der Waals surface area contributed by atoms with Crippen LogP contribution in [-0.2, 0) is 28.7 Å². The normalized spacial score (nSPS) is 21.9. The summed E-state index contributed by atoms with van der Waals surface area (Å²) >= 11 is 0. The van der Waals surface area contributed by atoms with Gasteiger partial charge in [0.2, 0.25) is 17.7 Å². The molecule has 0 saturated carbocycles. The minimum Gasteiger partial charge on any atom is -0.478 e. The molecule has 3 N–H and O–H groups in total. The van der Waals surface area contributed by atoms with Gasteiger partial charge in [-0.3, -0.25) is 19.3 Å². The minimum absolute atomic E-state index is 0.00926. The number of aliphatic carboxylic acids is 2. The van der Waals surface area contributed by atoms with E-state index in [1.54, 1.807) is 4.90 Å². The molecule has 0 aromatic heterocycles. The van der Waals surface area contributed by atoms with Crippen molar-refractivity contribution in [2.45, 2.75) is 18.9 Å². The SMILES string of the molecule is O=C(O)/C=C\C(=O)O.O=C1CCC(C(=O)N2CCN(CC(=O)N3CCOCC3)CC2)N1. The number of piperazine rings is 1. The van der Waals surface area contributed by atoms with Gasteiger partial charge in [-0.2, -0.15) is 0 Å². The topological polar surface area (TPSA) is 157 Å². The average molecular weight is 440 g/mol. The van der Waals surface area contributed by atoms with Crippen molar-refractivity contribution in [3.05, 3.63) is 12.2 Å². The summed E-state index contributed by atoms with van der Waals surface area (Å²) < 4.78 is 5.26. The van der Waals surface area contributed by atoms with E-state index in [1.165, 1.54) is 0 Å². The van der Waals surface area contributed by atoms with Crippen LogP contribution in [0.3, 0.4) is 0 Å². The third-order valence-electron chi connectivity index (χ3n) is 5.07. The predicted molar refractivity (Wildman–Crippen MR) is 106 cm³/mol. The first-order valence-corrected chi connectivity index (χ1v) is 10.1. The maximum atomic E-state index is 12.3. The van der Waals surface area contributed by atoms with Gasteiger partial charge in [0.1, 0.15) is 6.04 Å². The fourth-order valence-corrected chi connectivity index (χ4v) is 3.39. The Morgan fingerprint density at radius 1 is 0.935 bits per heavy atom. The third kappa shape index (κ3) is 8.34. The largest absolute Gasteiger partial charge is 0.478 e. The van der Waals surface area contributed by atoms with Gasteiger partial charge in [0.15, 0.2) is 0 Å². The third-order valence-corrected chi connectivity index (χ3v) is 5.07. The number of carboxylic acids is 2. The van der Waals surface area contributed by atoms with Gasteiger partial charge in [0.05, 0.1) is 19.8 Å². The van der Waals surface area contributed by atoms with Crippen LogP contribution in [0.1, 0.15) is 12.8 Å². The highest BCUT2D eigenvalue weighted by Gasteiger charge is 2.32. The van der Waals surface area contributed by atoms with Crippen LogP contribution in [0.4, 0.5) is 0 Å². The number of carbonyl (C=O) groups excluding carboxylic acids is 3. The zero-order chi connectivity index (χ0) is 22.8. The van der Waals surface area contributed by atoms with Gasteiger partial charge in [-0.15, -0.1) is 0 Å². The fraction of sp³-hybridized carbons (Fsp3) is 0.632. The Morgan fingerprint density at radius 3 is 2.00 bits per heavy atom. The molecule has 12 heteroatoms. The number of carbonyl (C=O) groups is 5. The van der Waals surface area contributed by atoms with Crippen LogP contribution in [0.5, 0.6) is 0 Å². The smallest absolute Gasteiger partial charge is 0.328 e. The first-order valence-electron chi connectivity index (χ1n) is 10.1. The lowest BCUT2D eigenvalue weighted by molar-refractivity contribution is -0.139. The van der Waals surface area contributed by atoms with E-state index in [9.17, 15) is 24.0 Å². The van der Waals surface area contributed by atoms with Crippen molar-refractivity contribution < 1.29 is 38.9 Å². The molecular weight excluding hydrogens is 412 g/mol. The molecule has 3 rings (SSSR count). The first-order chi connectivity index (χ1) is 14.8. The van der Waals surface area contributed by atoms with Gasteiger partial charge in [0.25, 0.3) is 0 Å². The molecule has 3 saturated heterocycles. The summed E-state index contributed by atoms with van der Waals surface area (Å²) in [6, 6.07) is -0.357. The molecule has 3 aliphatic rings. The average Bonchev–Trinajstić information content (AvgIpc) is 3.19. The van der Waals surface area contributed by atoms with E-state index >= 15 is 0 Å². The van der Waals surface area contributed by atoms with E-state index in [0.29, 0.717) is 84.0 Å². The zero-order valence-corrected chi connectivity index (χ0v) is 17.2. The maximum absolute atomic E-state index is 12.3. The molecule has 0 aliphatic carbocycles. The molecule has 3 aliphatic heterocycles.